The molecule has 0 saturated carbocycles. The first-order valence-electron chi connectivity index (χ1n) is 8.25. The standard InChI is InChI=1S/C20H18FNO2S/c1-12-3-4-13-9-14(21)5-7-17(13)22(12)18-11-25-19-8-6-15(24-2)10-16(19)20(18)23/h5-12H,3-4H2,1-2H3/t12-/m1/s1. The van der Waals surface area contributed by atoms with Gasteiger partial charge in [-0.05, 0) is 61.7 Å². The van der Waals surface area contributed by atoms with Crippen LogP contribution in [0.5, 0.6) is 5.75 Å². The van der Waals surface area contributed by atoms with Gasteiger partial charge in [0.1, 0.15) is 17.3 Å². The van der Waals surface area contributed by atoms with Crippen LogP contribution in [0.25, 0.3) is 10.1 Å². The van der Waals surface area contributed by atoms with E-state index in [0.717, 1.165) is 28.8 Å². The van der Waals surface area contributed by atoms with Crippen LogP contribution in [0, 0.1) is 5.82 Å². The van der Waals surface area contributed by atoms with E-state index >= 15 is 0 Å². The maximum absolute atomic E-state index is 13.6. The average molecular weight is 355 g/mol. The smallest absolute Gasteiger partial charge is 0.211 e. The molecule has 1 aliphatic rings. The molecular weight excluding hydrogens is 337 g/mol. The molecule has 3 nitrogen and oxygen atoms in total. The van der Waals surface area contributed by atoms with Crippen LogP contribution in [0.15, 0.2) is 46.6 Å². The number of benzene rings is 2. The summed E-state index contributed by atoms with van der Waals surface area (Å²) in [5, 5.41) is 2.56. The average Bonchev–Trinajstić information content (AvgIpc) is 2.63. The summed E-state index contributed by atoms with van der Waals surface area (Å²) in [5.74, 6) is 0.435. The zero-order chi connectivity index (χ0) is 17.6. The van der Waals surface area contributed by atoms with Crippen molar-refractivity contribution in [3.63, 3.8) is 0 Å². The number of aryl methyl sites for hydroxylation is 1. The fraction of sp³-hybridized carbons (Fsp3) is 0.250. The van der Waals surface area contributed by atoms with Crippen molar-refractivity contribution in [1.82, 2.24) is 0 Å². The quantitative estimate of drug-likeness (QED) is 0.656. The lowest BCUT2D eigenvalue weighted by molar-refractivity contribution is 0.415. The van der Waals surface area contributed by atoms with Gasteiger partial charge >= 0.3 is 0 Å². The molecule has 1 aromatic heterocycles. The Morgan fingerprint density at radius 3 is 2.84 bits per heavy atom. The van der Waals surface area contributed by atoms with Crippen LogP contribution in [-0.4, -0.2) is 13.2 Å². The zero-order valence-electron chi connectivity index (χ0n) is 14.1. The molecule has 0 unspecified atom stereocenters. The Morgan fingerprint density at radius 1 is 1.20 bits per heavy atom. The molecule has 4 rings (SSSR count). The zero-order valence-corrected chi connectivity index (χ0v) is 14.9. The van der Waals surface area contributed by atoms with Crippen LogP contribution in [0.3, 0.4) is 0 Å². The Morgan fingerprint density at radius 2 is 2.04 bits per heavy atom. The number of fused-ring (bicyclic) bond motifs is 2. The summed E-state index contributed by atoms with van der Waals surface area (Å²) in [7, 11) is 1.59. The van der Waals surface area contributed by atoms with Gasteiger partial charge in [-0.2, -0.15) is 0 Å². The summed E-state index contributed by atoms with van der Waals surface area (Å²) in [6.45, 7) is 2.10. The molecule has 5 heteroatoms. The molecule has 3 aromatic rings. The Kier molecular flexibility index (Phi) is 3.96. The van der Waals surface area contributed by atoms with Crippen LogP contribution in [-0.2, 0) is 6.42 Å². The molecule has 1 atom stereocenters. The van der Waals surface area contributed by atoms with E-state index < -0.39 is 0 Å². The van der Waals surface area contributed by atoms with Crippen molar-refractivity contribution in [1.29, 1.82) is 0 Å². The third kappa shape index (κ3) is 2.68. The lowest BCUT2D eigenvalue weighted by Gasteiger charge is -2.36. The molecular formula is C20H18FNO2S. The number of hydrogen-bond donors (Lipinski definition) is 0. The molecule has 128 valence electrons. The number of halogens is 1. The molecule has 0 bridgehead atoms. The van der Waals surface area contributed by atoms with Crippen molar-refractivity contribution in [2.24, 2.45) is 0 Å². The predicted molar refractivity (Wildman–Crippen MR) is 101 cm³/mol. The van der Waals surface area contributed by atoms with Crippen LogP contribution in [0.4, 0.5) is 15.8 Å². The highest BCUT2D eigenvalue weighted by molar-refractivity contribution is 7.16. The van der Waals surface area contributed by atoms with E-state index in [-0.39, 0.29) is 17.3 Å². The fourth-order valence-electron chi connectivity index (χ4n) is 3.48. The second-order valence-corrected chi connectivity index (χ2v) is 7.25. The van der Waals surface area contributed by atoms with Crippen molar-refractivity contribution in [2.75, 3.05) is 12.0 Å². The first-order chi connectivity index (χ1) is 12.1. The predicted octanol–water partition coefficient (Wildman–Crippen LogP) is 4.88. The minimum absolute atomic E-state index is 0.0170. The van der Waals surface area contributed by atoms with Crippen LogP contribution < -0.4 is 15.1 Å². The largest absolute Gasteiger partial charge is 0.497 e. The molecule has 2 heterocycles. The van der Waals surface area contributed by atoms with Crippen molar-refractivity contribution in [3.05, 3.63) is 63.4 Å². The Balaban J connectivity index is 1.92. The molecule has 0 amide bonds. The van der Waals surface area contributed by atoms with Crippen LogP contribution in [0.2, 0.25) is 0 Å². The maximum atomic E-state index is 13.6. The van der Waals surface area contributed by atoms with Gasteiger partial charge in [0.15, 0.2) is 0 Å². The third-order valence-electron chi connectivity index (χ3n) is 4.79. The first-order valence-corrected chi connectivity index (χ1v) is 9.13. The topological polar surface area (TPSA) is 29.5 Å². The van der Waals surface area contributed by atoms with Gasteiger partial charge in [-0.3, -0.25) is 4.79 Å². The number of ether oxygens (including phenoxy) is 1. The highest BCUT2D eigenvalue weighted by Gasteiger charge is 2.27. The van der Waals surface area contributed by atoms with Gasteiger partial charge in [0.05, 0.1) is 7.11 Å². The highest BCUT2D eigenvalue weighted by atomic mass is 32.1. The van der Waals surface area contributed by atoms with Crippen molar-refractivity contribution in [2.45, 2.75) is 25.8 Å². The normalized spacial score (nSPS) is 16.8. The molecule has 2 aromatic carbocycles. The fourth-order valence-corrected chi connectivity index (χ4v) is 4.37. The molecule has 0 fully saturated rings. The number of anilines is 2. The molecule has 1 aliphatic heterocycles. The van der Waals surface area contributed by atoms with Crippen molar-refractivity contribution in [3.8, 4) is 5.75 Å². The van der Waals surface area contributed by atoms with E-state index in [1.807, 2.05) is 17.5 Å². The minimum atomic E-state index is -0.235. The number of rotatable bonds is 2. The number of hydrogen-bond acceptors (Lipinski definition) is 4. The summed E-state index contributed by atoms with van der Waals surface area (Å²) in [6, 6.07) is 10.6. The van der Waals surface area contributed by atoms with Gasteiger partial charge in [-0.1, -0.05) is 0 Å². The summed E-state index contributed by atoms with van der Waals surface area (Å²) in [4.78, 5) is 15.2. The summed E-state index contributed by atoms with van der Waals surface area (Å²) in [6.07, 6.45) is 1.71. The van der Waals surface area contributed by atoms with Gasteiger partial charge in [0.25, 0.3) is 0 Å². The number of methoxy groups -OCH3 is 1. The highest BCUT2D eigenvalue weighted by Crippen LogP contribution is 2.37. The van der Waals surface area contributed by atoms with Gasteiger partial charge < -0.3 is 9.64 Å². The van der Waals surface area contributed by atoms with Gasteiger partial charge in [-0.25, -0.2) is 4.39 Å². The Bertz CT molecular complexity index is 1010. The Hall–Kier alpha value is -2.40. The SMILES string of the molecule is COc1ccc2scc(N3c4ccc(F)cc4CC[C@H]3C)c(=O)c2c1. The lowest BCUT2D eigenvalue weighted by atomic mass is 9.96. The summed E-state index contributed by atoms with van der Waals surface area (Å²) in [5.41, 5.74) is 2.50. The lowest BCUT2D eigenvalue weighted by Crippen LogP contribution is -2.36. The molecule has 0 spiro atoms. The molecule has 0 radical (unpaired) electrons. The van der Waals surface area contributed by atoms with Gasteiger partial charge in [0, 0.05) is 27.2 Å². The van der Waals surface area contributed by atoms with E-state index in [1.165, 1.54) is 17.4 Å². The van der Waals surface area contributed by atoms with E-state index in [9.17, 15) is 9.18 Å². The Labute approximate surface area is 149 Å². The van der Waals surface area contributed by atoms with Crippen LogP contribution in [0.1, 0.15) is 18.9 Å². The molecule has 0 aliphatic carbocycles. The molecule has 0 saturated heterocycles. The van der Waals surface area contributed by atoms with E-state index in [2.05, 4.69) is 11.8 Å². The second-order valence-electron chi connectivity index (χ2n) is 6.34. The third-order valence-corrected chi connectivity index (χ3v) is 5.75. The van der Waals surface area contributed by atoms with Crippen LogP contribution >= 0.6 is 11.3 Å². The van der Waals surface area contributed by atoms with Crippen molar-refractivity contribution < 1.29 is 9.13 Å². The van der Waals surface area contributed by atoms with E-state index in [0.29, 0.717) is 16.8 Å². The summed E-state index contributed by atoms with van der Waals surface area (Å²) >= 11 is 1.54. The van der Waals surface area contributed by atoms with E-state index in [4.69, 9.17) is 4.74 Å². The number of nitrogens with zero attached hydrogens (tertiary/aromatic N) is 1. The first kappa shape index (κ1) is 16.1. The van der Waals surface area contributed by atoms with Crippen molar-refractivity contribution >= 4 is 32.8 Å². The summed E-state index contributed by atoms with van der Waals surface area (Å²) < 4.78 is 19.8. The van der Waals surface area contributed by atoms with Gasteiger partial charge in [0.2, 0.25) is 5.43 Å². The minimum Gasteiger partial charge on any atom is -0.497 e. The molecule has 25 heavy (non-hydrogen) atoms. The van der Waals surface area contributed by atoms with Gasteiger partial charge in [-0.15, -0.1) is 11.3 Å². The molecule has 0 N–H and O–H groups in total. The second kappa shape index (κ2) is 6.15. The maximum Gasteiger partial charge on any atom is 0.211 e. The monoisotopic (exact) mass is 355 g/mol. The van der Waals surface area contributed by atoms with E-state index in [1.54, 1.807) is 25.3 Å².